The third-order valence-electron chi connectivity index (χ3n) is 2.67. The van der Waals surface area contributed by atoms with Gasteiger partial charge < -0.3 is 11.1 Å². The Morgan fingerprint density at radius 1 is 1.14 bits per heavy atom. The van der Waals surface area contributed by atoms with E-state index in [1.807, 2.05) is 0 Å². The fraction of sp³-hybridized carbons (Fsp3) is 0. The highest BCUT2D eigenvalue weighted by atomic mass is 79.9. The average molecular weight is 404 g/mol. The summed E-state index contributed by atoms with van der Waals surface area (Å²) in [7, 11) is 0. The fourth-order valence-corrected chi connectivity index (χ4v) is 2.55. The number of nitrogens with one attached hydrogen (secondary N) is 1. The molecule has 21 heavy (non-hydrogen) atoms. The predicted octanol–water partition coefficient (Wildman–Crippen LogP) is 4.64. The molecule has 2 rings (SSSR count). The maximum absolute atomic E-state index is 12.2. The monoisotopic (exact) mass is 402 g/mol. The summed E-state index contributed by atoms with van der Waals surface area (Å²) in [6.07, 6.45) is 0. The largest absolute Gasteiger partial charge is 0.389 e. The summed E-state index contributed by atoms with van der Waals surface area (Å²) in [5.74, 6) is -0.355. The van der Waals surface area contributed by atoms with E-state index in [0.717, 1.165) is 4.47 Å². The van der Waals surface area contributed by atoms with Crippen LogP contribution in [-0.4, -0.2) is 10.9 Å². The second-order valence-electron chi connectivity index (χ2n) is 4.14. The van der Waals surface area contributed by atoms with Crippen LogP contribution in [0.3, 0.4) is 0 Å². The van der Waals surface area contributed by atoms with Crippen LogP contribution in [-0.2, 0) is 0 Å². The third kappa shape index (κ3) is 3.95. The lowest BCUT2D eigenvalue weighted by atomic mass is 10.2. The first-order valence-electron chi connectivity index (χ1n) is 5.74. The van der Waals surface area contributed by atoms with Crippen LogP contribution >= 0.6 is 51.3 Å². The Kier molecular flexibility index (Phi) is 5.22. The van der Waals surface area contributed by atoms with Gasteiger partial charge in [0.25, 0.3) is 5.91 Å². The molecule has 0 saturated heterocycles. The molecule has 0 saturated carbocycles. The zero-order chi connectivity index (χ0) is 15.6. The molecule has 0 spiro atoms. The summed E-state index contributed by atoms with van der Waals surface area (Å²) < 4.78 is 0.756. The van der Waals surface area contributed by atoms with E-state index in [9.17, 15) is 4.79 Å². The zero-order valence-electron chi connectivity index (χ0n) is 10.5. The zero-order valence-corrected chi connectivity index (χ0v) is 14.4. The smallest absolute Gasteiger partial charge is 0.257 e. The second-order valence-corrected chi connectivity index (χ2v) is 6.31. The minimum absolute atomic E-state index is 0.241. The van der Waals surface area contributed by atoms with Crippen LogP contribution in [0.1, 0.15) is 15.9 Å². The van der Waals surface area contributed by atoms with Crippen molar-refractivity contribution in [1.29, 1.82) is 0 Å². The van der Waals surface area contributed by atoms with Crippen molar-refractivity contribution in [3.05, 3.63) is 62.0 Å². The van der Waals surface area contributed by atoms with Crippen molar-refractivity contribution in [3.63, 3.8) is 0 Å². The number of amides is 1. The number of carbonyl (C=O) groups excluding carboxylic acids is 1. The SMILES string of the molecule is NC(=S)c1ccc(NC(=O)c2cc(Br)ccc2Cl)c(Cl)c1. The highest BCUT2D eigenvalue weighted by molar-refractivity contribution is 9.10. The van der Waals surface area contributed by atoms with Gasteiger partial charge in [-0.1, -0.05) is 51.3 Å². The maximum atomic E-state index is 12.2. The number of thiocarbonyl (C=S) groups is 1. The molecule has 0 aliphatic rings. The van der Waals surface area contributed by atoms with Gasteiger partial charge in [0.2, 0.25) is 0 Å². The van der Waals surface area contributed by atoms with Crippen LogP contribution in [0.2, 0.25) is 10.0 Å². The van der Waals surface area contributed by atoms with E-state index in [1.165, 1.54) is 0 Å². The standard InChI is InChI=1S/C14H9BrCl2N2OS/c15-8-2-3-10(16)9(6-8)14(20)19-12-4-1-7(13(18)21)5-11(12)17/h1-6H,(H2,18,21)(H,19,20). The van der Waals surface area contributed by atoms with Gasteiger partial charge in [0.1, 0.15) is 4.99 Å². The van der Waals surface area contributed by atoms with Gasteiger partial charge in [-0.15, -0.1) is 0 Å². The molecular formula is C14H9BrCl2N2OS. The molecule has 2 aromatic carbocycles. The Bertz CT molecular complexity index is 737. The van der Waals surface area contributed by atoms with Crippen LogP contribution in [0.4, 0.5) is 5.69 Å². The molecule has 0 unspecified atom stereocenters. The van der Waals surface area contributed by atoms with Crippen LogP contribution in [0, 0.1) is 0 Å². The van der Waals surface area contributed by atoms with E-state index in [2.05, 4.69) is 21.2 Å². The Hall–Kier alpha value is -1.14. The van der Waals surface area contributed by atoms with Gasteiger partial charge in [0, 0.05) is 10.0 Å². The van der Waals surface area contributed by atoms with Crippen LogP contribution in [0.15, 0.2) is 40.9 Å². The Balaban J connectivity index is 2.27. The first kappa shape index (κ1) is 16.2. The third-order valence-corrected chi connectivity index (χ3v) is 4.05. The van der Waals surface area contributed by atoms with E-state index in [0.29, 0.717) is 26.9 Å². The van der Waals surface area contributed by atoms with Gasteiger partial charge >= 0.3 is 0 Å². The van der Waals surface area contributed by atoms with E-state index in [1.54, 1.807) is 36.4 Å². The van der Waals surface area contributed by atoms with Gasteiger partial charge in [-0.2, -0.15) is 0 Å². The maximum Gasteiger partial charge on any atom is 0.257 e. The minimum atomic E-state index is -0.355. The summed E-state index contributed by atoms with van der Waals surface area (Å²) in [5.41, 5.74) is 6.96. The van der Waals surface area contributed by atoms with Crippen molar-refractivity contribution in [2.24, 2.45) is 5.73 Å². The molecule has 108 valence electrons. The molecule has 7 heteroatoms. The summed E-state index contributed by atoms with van der Waals surface area (Å²) in [5, 5.41) is 3.40. The Morgan fingerprint density at radius 2 is 1.86 bits per heavy atom. The van der Waals surface area contributed by atoms with Gasteiger partial charge in [-0.25, -0.2) is 0 Å². The second kappa shape index (κ2) is 6.75. The van der Waals surface area contributed by atoms with Crippen molar-refractivity contribution in [2.45, 2.75) is 0 Å². The molecule has 0 aliphatic heterocycles. The van der Waals surface area contributed by atoms with Crippen molar-refractivity contribution >= 4 is 67.9 Å². The molecule has 3 N–H and O–H groups in total. The van der Waals surface area contributed by atoms with E-state index >= 15 is 0 Å². The van der Waals surface area contributed by atoms with E-state index < -0.39 is 0 Å². The quantitative estimate of drug-likeness (QED) is 0.733. The summed E-state index contributed by atoms with van der Waals surface area (Å²) >= 11 is 20.3. The van der Waals surface area contributed by atoms with Gasteiger partial charge in [0.05, 0.1) is 21.3 Å². The van der Waals surface area contributed by atoms with Crippen LogP contribution in [0.5, 0.6) is 0 Å². The van der Waals surface area contributed by atoms with Gasteiger partial charge in [-0.05, 0) is 36.4 Å². The first-order chi connectivity index (χ1) is 9.88. The van der Waals surface area contributed by atoms with Crippen LogP contribution in [0.25, 0.3) is 0 Å². The molecule has 2 aromatic rings. The summed E-state index contributed by atoms with van der Waals surface area (Å²) in [6, 6.07) is 9.95. The lowest BCUT2D eigenvalue weighted by Gasteiger charge is -2.10. The van der Waals surface area contributed by atoms with Gasteiger partial charge in [-0.3, -0.25) is 4.79 Å². The first-order valence-corrected chi connectivity index (χ1v) is 7.70. The lowest BCUT2D eigenvalue weighted by molar-refractivity contribution is 0.102. The molecule has 0 aromatic heterocycles. The van der Waals surface area contributed by atoms with Crippen LogP contribution < -0.4 is 11.1 Å². The number of halogens is 3. The van der Waals surface area contributed by atoms with Gasteiger partial charge in [0.15, 0.2) is 0 Å². The highest BCUT2D eigenvalue weighted by Crippen LogP contribution is 2.26. The Morgan fingerprint density at radius 3 is 2.48 bits per heavy atom. The Labute approximate surface area is 145 Å². The number of hydrogen-bond acceptors (Lipinski definition) is 2. The molecule has 0 radical (unpaired) electrons. The molecular weight excluding hydrogens is 395 g/mol. The number of carbonyl (C=O) groups is 1. The number of rotatable bonds is 3. The van der Waals surface area contributed by atoms with E-state index in [4.69, 9.17) is 41.2 Å². The summed E-state index contributed by atoms with van der Waals surface area (Å²) in [6.45, 7) is 0. The molecule has 1 amide bonds. The van der Waals surface area contributed by atoms with E-state index in [-0.39, 0.29) is 10.9 Å². The molecule has 0 atom stereocenters. The van der Waals surface area contributed by atoms with Crippen molar-refractivity contribution in [1.82, 2.24) is 0 Å². The average Bonchev–Trinajstić information content (AvgIpc) is 2.43. The molecule has 0 bridgehead atoms. The number of nitrogens with two attached hydrogens (primary N) is 1. The van der Waals surface area contributed by atoms with Crippen molar-refractivity contribution in [3.8, 4) is 0 Å². The van der Waals surface area contributed by atoms with Crippen molar-refractivity contribution < 1.29 is 4.79 Å². The topological polar surface area (TPSA) is 55.1 Å². The minimum Gasteiger partial charge on any atom is -0.389 e. The number of anilines is 1. The summed E-state index contributed by atoms with van der Waals surface area (Å²) in [4.78, 5) is 12.5. The normalized spacial score (nSPS) is 10.2. The fourth-order valence-electron chi connectivity index (χ4n) is 1.63. The molecule has 3 nitrogen and oxygen atoms in total. The lowest BCUT2D eigenvalue weighted by Crippen LogP contribution is -2.14. The number of hydrogen-bond donors (Lipinski definition) is 2. The van der Waals surface area contributed by atoms with Crippen molar-refractivity contribution in [2.75, 3.05) is 5.32 Å². The highest BCUT2D eigenvalue weighted by Gasteiger charge is 2.13. The number of benzene rings is 2. The molecule has 0 heterocycles. The molecule has 0 aliphatic carbocycles. The predicted molar refractivity (Wildman–Crippen MR) is 94.4 cm³/mol. The molecule has 0 fully saturated rings.